The van der Waals surface area contributed by atoms with Crippen molar-refractivity contribution in [3.63, 3.8) is 0 Å². The molecule has 3 aliphatic heterocycles. The Balaban J connectivity index is 1.58. The Hall–Kier alpha value is -2.54. The highest BCUT2D eigenvalue weighted by molar-refractivity contribution is 5.44. The van der Waals surface area contributed by atoms with Crippen LogP contribution in [0.3, 0.4) is 0 Å². The first-order chi connectivity index (χ1) is 17.3. The van der Waals surface area contributed by atoms with Crippen LogP contribution in [-0.4, -0.2) is 29.2 Å². The molecule has 3 fully saturated rings. The molecular weight excluding hydrogens is 448 g/mol. The maximum atomic E-state index is 7.08. The van der Waals surface area contributed by atoms with Gasteiger partial charge in [0.1, 0.15) is 0 Å². The van der Waals surface area contributed by atoms with Crippen LogP contribution < -0.4 is 5.32 Å². The molecule has 5 atom stereocenters. The molecule has 1 N–H and O–H groups in total. The lowest BCUT2D eigenvalue weighted by molar-refractivity contribution is -0.415. The summed E-state index contributed by atoms with van der Waals surface area (Å²) in [7, 11) is 0. The van der Waals surface area contributed by atoms with Gasteiger partial charge in [0.25, 0.3) is 5.91 Å². The summed E-state index contributed by atoms with van der Waals surface area (Å²) in [6, 6.07) is 31.6. The molecule has 6 rings (SSSR count). The van der Waals surface area contributed by atoms with Crippen LogP contribution in [0.25, 0.3) is 0 Å². The number of hydrogen-bond acceptors (Lipinski definition) is 5. The highest BCUT2D eigenvalue weighted by Crippen LogP contribution is 2.72. The van der Waals surface area contributed by atoms with Gasteiger partial charge in [0.05, 0.1) is 18.2 Å². The van der Waals surface area contributed by atoms with E-state index >= 15 is 0 Å². The van der Waals surface area contributed by atoms with Crippen molar-refractivity contribution in [2.45, 2.75) is 69.4 Å². The zero-order valence-corrected chi connectivity index (χ0v) is 21.8. The maximum Gasteiger partial charge on any atom is 0.278 e. The number of fused-ring (bicyclic) bond motifs is 2. The predicted octanol–water partition coefficient (Wildman–Crippen LogP) is 5.89. The lowest BCUT2D eigenvalue weighted by Gasteiger charge is -2.53. The number of ether oxygens (including phenoxy) is 2. The third kappa shape index (κ3) is 3.20. The summed E-state index contributed by atoms with van der Waals surface area (Å²) >= 11 is 0. The average Bonchev–Trinajstić information content (AvgIpc) is 3.34. The van der Waals surface area contributed by atoms with Crippen LogP contribution in [0.4, 0.5) is 0 Å². The number of nitrogens with zero attached hydrogens (tertiary/aromatic N) is 1. The molecular formula is C31H36N2O3. The van der Waals surface area contributed by atoms with Crippen LogP contribution in [0.1, 0.15) is 57.4 Å². The zero-order chi connectivity index (χ0) is 25.2. The second kappa shape index (κ2) is 8.23. The molecule has 5 heteroatoms. The summed E-state index contributed by atoms with van der Waals surface area (Å²) in [6.07, 6.45) is 0. The van der Waals surface area contributed by atoms with Crippen molar-refractivity contribution in [3.8, 4) is 0 Å². The monoisotopic (exact) mass is 484 g/mol. The van der Waals surface area contributed by atoms with E-state index in [1.807, 2.05) is 6.07 Å². The molecule has 0 bridgehead atoms. The predicted molar refractivity (Wildman–Crippen MR) is 140 cm³/mol. The first-order valence-corrected chi connectivity index (χ1v) is 13.0. The lowest BCUT2D eigenvalue weighted by Crippen LogP contribution is -2.69. The van der Waals surface area contributed by atoms with Crippen LogP contribution in [0, 0.1) is 5.92 Å². The largest absolute Gasteiger partial charge is 0.348 e. The second-order valence-electron chi connectivity index (χ2n) is 11.3. The number of benzene rings is 3. The topological polar surface area (TPSA) is 46.3 Å². The van der Waals surface area contributed by atoms with Gasteiger partial charge in [-0.25, -0.2) is 4.84 Å². The van der Waals surface area contributed by atoms with Gasteiger partial charge in [0, 0.05) is 6.04 Å². The number of hydroxylamine groups is 2. The van der Waals surface area contributed by atoms with Gasteiger partial charge >= 0.3 is 0 Å². The molecule has 0 amide bonds. The SMILES string of the molecule is CC(C)[C@H]1COC2(N1)ON(C(C)(C)c1ccccc1)[C@@H](c1ccccc1)[C@]1(c3ccccc3)O[C@]21C. The van der Waals surface area contributed by atoms with E-state index in [0.717, 1.165) is 16.7 Å². The zero-order valence-electron chi connectivity index (χ0n) is 21.8. The summed E-state index contributed by atoms with van der Waals surface area (Å²) in [5.74, 6) is -0.723. The molecule has 3 saturated heterocycles. The van der Waals surface area contributed by atoms with Gasteiger partial charge < -0.3 is 9.47 Å². The molecule has 188 valence electrons. The normalized spacial score (nSPS) is 34.2. The molecule has 5 nitrogen and oxygen atoms in total. The van der Waals surface area contributed by atoms with E-state index in [1.54, 1.807) is 0 Å². The van der Waals surface area contributed by atoms with Gasteiger partial charge in [-0.1, -0.05) is 105 Å². The number of nitrogens with one attached hydrogen (secondary N) is 1. The van der Waals surface area contributed by atoms with Crippen molar-refractivity contribution < 1.29 is 14.3 Å². The van der Waals surface area contributed by atoms with E-state index in [4.69, 9.17) is 14.3 Å². The van der Waals surface area contributed by atoms with Crippen molar-refractivity contribution in [1.82, 2.24) is 10.4 Å². The third-order valence-corrected chi connectivity index (χ3v) is 8.50. The fourth-order valence-corrected chi connectivity index (χ4v) is 6.18. The van der Waals surface area contributed by atoms with Crippen molar-refractivity contribution in [1.29, 1.82) is 0 Å². The smallest absolute Gasteiger partial charge is 0.278 e. The molecule has 3 heterocycles. The van der Waals surface area contributed by atoms with Crippen LogP contribution in [-0.2, 0) is 25.5 Å². The summed E-state index contributed by atoms with van der Waals surface area (Å²) in [5, 5.41) is 5.88. The Morgan fingerprint density at radius 2 is 1.47 bits per heavy atom. The Kier molecular flexibility index (Phi) is 5.45. The molecule has 1 spiro atoms. The third-order valence-electron chi connectivity index (χ3n) is 8.50. The molecule has 3 aromatic carbocycles. The fourth-order valence-electron chi connectivity index (χ4n) is 6.18. The van der Waals surface area contributed by atoms with Gasteiger partial charge in [0.2, 0.25) is 0 Å². The minimum absolute atomic E-state index is 0.162. The Bertz CT molecular complexity index is 1220. The molecule has 1 unspecified atom stereocenters. The minimum atomic E-state index is -1.12. The highest BCUT2D eigenvalue weighted by atomic mass is 16.9. The fraction of sp³-hybridized carbons (Fsp3) is 0.419. The average molecular weight is 485 g/mol. The van der Waals surface area contributed by atoms with Crippen molar-refractivity contribution in [2.24, 2.45) is 5.92 Å². The van der Waals surface area contributed by atoms with Gasteiger partial charge in [-0.2, -0.15) is 5.06 Å². The van der Waals surface area contributed by atoms with E-state index < -0.39 is 22.7 Å². The molecule has 0 radical (unpaired) electrons. The summed E-state index contributed by atoms with van der Waals surface area (Å²) in [6.45, 7) is 11.6. The lowest BCUT2D eigenvalue weighted by atomic mass is 9.74. The van der Waals surface area contributed by atoms with Crippen LogP contribution >= 0.6 is 0 Å². The van der Waals surface area contributed by atoms with Crippen LogP contribution in [0.5, 0.6) is 0 Å². The van der Waals surface area contributed by atoms with E-state index in [1.165, 1.54) is 0 Å². The van der Waals surface area contributed by atoms with Gasteiger partial charge in [-0.05, 0) is 43.4 Å². The van der Waals surface area contributed by atoms with Crippen molar-refractivity contribution >= 4 is 0 Å². The molecule has 36 heavy (non-hydrogen) atoms. The Labute approximate surface area is 214 Å². The van der Waals surface area contributed by atoms with Crippen molar-refractivity contribution in [2.75, 3.05) is 6.61 Å². The minimum Gasteiger partial charge on any atom is -0.348 e. The number of rotatable bonds is 5. The molecule has 0 aromatic heterocycles. The quantitative estimate of drug-likeness (QED) is 0.458. The highest BCUT2D eigenvalue weighted by Gasteiger charge is 2.87. The van der Waals surface area contributed by atoms with Gasteiger partial charge in [0.15, 0.2) is 11.2 Å². The van der Waals surface area contributed by atoms with E-state index in [2.05, 4.69) is 130 Å². The standard InChI is InChI=1S/C31H36N2O3/c1-22(2)26-21-34-31(32-26)29(5)30(35-29,25-19-13-8-14-20-25)27(23-15-9-6-10-16-23)33(36-31)28(3,4)24-17-11-7-12-18-24/h6-20,22,26-27,32H,21H2,1-5H3/t26-,27+,29+,30+,31?/m1/s1. The molecule has 0 aliphatic carbocycles. The summed E-state index contributed by atoms with van der Waals surface area (Å²) in [4.78, 5) is 7.08. The first kappa shape index (κ1) is 23.8. The Morgan fingerprint density at radius 3 is 2.06 bits per heavy atom. The van der Waals surface area contributed by atoms with E-state index in [0.29, 0.717) is 12.5 Å². The van der Waals surface area contributed by atoms with Crippen LogP contribution in [0.15, 0.2) is 91.0 Å². The van der Waals surface area contributed by atoms with Gasteiger partial charge in [-0.3, -0.25) is 5.32 Å². The summed E-state index contributed by atoms with van der Waals surface area (Å²) in [5.41, 5.74) is 1.50. The van der Waals surface area contributed by atoms with Crippen molar-refractivity contribution in [3.05, 3.63) is 108 Å². The Morgan fingerprint density at radius 1 is 0.889 bits per heavy atom. The van der Waals surface area contributed by atoms with Crippen LogP contribution in [0.2, 0.25) is 0 Å². The maximum absolute atomic E-state index is 7.08. The molecule has 3 aliphatic rings. The molecule has 3 aromatic rings. The number of hydrogen-bond donors (Lipinski definition) is 1. The summed E-state index contributed by atoms with van der Waals surface area (Å²) < 4.78 is 13.6. The second-order valence-corrected chi connectivity index (χ2v) is 11.3. The van der Waals surface area contributed by atoms with E-state index in [-0.39, 0.29) is 12.1 Å². The molecule has 0 saturated carbocycles. The number of epoxide rings is 1. The van der Waals surface area contributed by atoms with Gasteiger partial charge in [-0.15, -0.1) is 0 Å². The van der Waals surface area contributed by atoms with E-state index in [9.17, 15) is 0 Å². The first-order valence-electron chi connectivity index (χ1n) is 13.0.